The number of hydrogen-bond donors (Lipinski definition) is 2. The average molecular weight is 256 g/mol. The molecule has 2 rings (SSSR count). The van der Waals surface area contributed by atoms with Crippen LogP contribution in [-0.4, -0.2) is 36.6 Å². The molecule has 0 spiro atoms. The van der Waals surface area contributed by atoms with Gasteiger partial charge in [-0.3, -0.25) is 0 Å². The highest BCUT2D eigenvalue weighted by Gasteiger charge is 2.10. The Labute approximate surface area is 109 Å². The number of aliphatic hydroxyl groups is 2. The molecule has 104 valence electrons. The fourth-order valence-electron chi connectivity index (χ4n) is 1.87. The van der Waals surface area contributed by atoms with E-state index in [-0.39, 0.29) is 13.2 Å². The summed E-state index contributed by atoms with van der Waals surface area (Å²) in [5.74, 6) is 2.41. The topological polar surface area (TPSA) is 58.9 Å². The van der Waals surface area contributed by atoms with Gasteiger partial charge in [0.15, 0.2) is 0 Å². The fourth-order valence-corrected chi connectivity index (χ4v) is 1.87. The van der Waals surface area contributed by atoms with Gasteiger partial charge in [-0.05, 0) is 37.8 Å². The Hall–Kier alpha value is -0.840. The van der Waals surface area contributed by atoms with Gasteiger partial charge in [-0.1, -0.05) is 0 Å². The third-order valence-corrected chi connectivity index (χ3v) is 2.73. The molecule has 0 atom stereocenters. The standard InChI is InChI=1S/C10H14O.C4H10O3/c1-2-6-9(5-1)11-10-7-3-4-8-10;5-1-3-7-4-2-6/h5,7H,1-4,6,8H2;5-6H,1-4H2. The second kappa shape index (κ2) is 10.1. The largest absolute Gasteiger partial charge is 0.467 e. The summed E-state index contributed by atoms with van der Waals surface area (Å²) in [6.45, 7) is 0.696. The van der Waals surface area contributed by atoms with Crippen molar-refractivity contribution in [2.75, 3.05) is 26.4 Å². The maximum Gasteiger partial charge on any atom is 0.0996 e. The molecule has 4 heteroatoms. The normalized spacial score (nSPS) is 17.9. The summed E-state index contributed by atoms with van der Waals surface area (Å²) in [6, 6.07) is 0. The van der Waals surface area contributed by atoms with E-state index >= 15 is 0 Å². The summed E-state index contributed by atoms with van der Waals surface area (Å²) in [4.78, 5) is 0. The van der Waals surface area contributed by atoms with Gasteiger partial charge < -0.3 is 19.7 Å². The van der Waals surface area contributed by atoms with Crippen molar-refractivity contribution in [3.8, 4) is 0 Å². The minimum atomic E-state index is 0.0278. The summed E-state index contributed by atoms with van der Waals surface area (Å²) in [7, 11) is 0. The van der Waals surface area contributed by atoms with E-state index < -0.39 is 0 Å². The fraction of sp³-hybridized carbons (Fsp3) is 0.714. The van der Waals surface area contributed by atoms with Crippen LogP contribution >= 0.6 is 0 Å². The number of rotatable bonds is 6. The lowest BCUT2D eigenvalue weighted by Gasteiger charge is -2.05. The van der Waals surface area contributed by atoms with E-state index in [1.165, 1.54) is 37.2 Å². The molecule has 0 aromatic rings. The first-order valence-electron chi connectivity index (χ1n) is 6.72. The van der Waals surface area contributed by atoms with Crippen molar-refractivity contribution in [3.05, 3.63) is 23.7 Å². The van der Waals surface area contributed by atoms with Crippen LogP contribution in [0.2, 0.25) is 0 Å². The molecule has 0 radical (unpaired) electrons. The van der Waals surface area contributed by atoms with E-state index in [0.717, 1.165) is 12.8 Å². The predicted molar refractivity (Wildman–Crippen MR) is 69.9 cm³/mol. The van der Waals surface area contributed by atoms with Gasteiger partial charge in [0.25, 0.3) is 0 Å². The van der Waals surface area contributed by atoms with Crippen LogP contribution in [-0.2, 0) is 9.47 Å². The van der Waals surface area contributed by atoms with Crippen LogP contribution in [0.3, 0.4) is 0 Å². The minimum absolute atomic E-state index is 0.0278. The Morgan fingerprint density at radius 2 is 1.39 bits per heavy atom. The molecule has 0 aliphatic heterocycles. The van der Waals surface area contributed by atoms with E-state index in [1.54, 1.807) is 0 Å². The van der Waals surface area contributed by atoms with E-state index in [2.05, 4.69) is 16.9 Å². The molecule has 0 saturated carbocycles. The molecular weight excluding hydrogens is 232 g/mol. The Morgan fingerprint density at radius 3 is 1.72 bits per heavy atom. The molecule has 0 saturated heterocycles. The molecule has 2 aliphatic rings. The van der Waals surface area contributed by atoms with Gasteiger partial charge in [0.1, 0.15) is 0 Å². The zero-order valence-corrected chi connectivity index (χ0v) is 10.9. The highest BCUT2D eigenvalue weighted by atomic mass is 16.5. The Balaban J connectivity index is 0.000000203. The molecule has 2 N–H and O–H groups in total. The van der Waals surface area contributed by atoms with Crippen LogP contribution in [0.4, 0.5) is 0 Å². The first kappa shape index (κ1) is 15.2. The average Bonchev–Trinajstić information content (AvgIpc) is 3.05. The number of allylic oxidation sites excluding steroid dienone is 4. The first-order chi connectivity index (χ1) is 8.86. The monoisotopic (exact) mass is 256 g/mol. The van der Waals surface area contributed by atoms with E-state index in [4.69, 9.17) is 14.9 Å². The lowest BCUT2D eigenvalue weighted by Crippen LogP contribution is -2.03. The lowest BCUT2D eigenvalue weighted by atomic mass is 10.3. The summed E-state index contributed by atoms with van der Waals surface area (Å²) in [5, 5.41) is 16.2. The van der Waals surface area contributed by atoms with Crippen molar-refractivity contribution in [2.24, 2.45) is 0 Å². The molecule has 18 heavy (non-hydrogen) atoms. The van der Waals surface area contributed by atoms with Crippen LogP contribution in [0, 0.1) is 0 Å². The first-order valence-corrected chi connectivity index (χ1v) is 6.72. The van der Waals surface area contributed by atoms with Crippen molar-refractivity contribution in [1.29, 1.82) is 0 Å². The molecule has 0 aromatic carbocycles. The van der Waals surface area contributed by atoms with Crippen molar-refractivity contribution in [3.63, 3.8) is 0 Å². The smallest absolute Gasteiger partial charge is 0.0996 e. The van der Waals surface area contributed by atoms with Gasteiger partial charge in [0.2, 0.25) is 0 Å². The van der Waals surface area contributed by atoms with Gasteiger partial charge in [-0.2, -0.15) is 0 Å². The Kier molecular flexibility index (Phi) is 8.55. The van der Waals surface area contributed by atoms with Gasteiger partial charge >= 0.3 is 0 Å². The molecular formula is C14H24O4. The van der Waals surface area contributed by atoms with Crippen molar-refractivity contribution in [1.82, 2.24) is 0 Å². The van der Waals surface area contributed by atoms with Crippen LogP contribution < -0.4 is 0 Å². The molecule has 0 heterocycles. The zero-order chi connectivity index (χ0) is 13.1. The molecule has 2 aliphatic carbocycles. The van der Waals surface area contributed by atoms with Crippen LogP contribution in [0.1, 0.15) is 38.5 Å². The molecule has 0 fully saturated rings. The maximum atomic E-state index is 8.09. The van der Waals surface area contributed by atoms with Gasteiger partial charge in [-0.15, -0.1) is 0 Å². The second-order valence-corrected chi connectivity index (χ2v) is 4.29. The molecule has 0 aromatic heterocycles. The predicted octanol–water partition coefficient (Wildman–Crippen LogP) is 2.13. The summed E-state index contributed by atoms with van der Waals surface area (Å²) < 4.78 is 10.3. The molecule has 0 bridgehead atoms. The van der Waals surface area contributed by atoms with E-state index in [1.807, 2.05) is 0 Å². The van der Waals surface area contributed by atoms with Crippen molar-refractivity contribution < 1.29 is 19.7 Å². The van der Waals surface area contributed by atoms with Crippen LogP contribution in [0.5, 0.6) is 0 Å². The third-order valence-electron chi connectivity index (χ3n) is 2.73. The summed E-state index contributed by atoms with van der Waals surface area (Å²) >= 11 is 0. The van der Waals surface area contributed by atoms with Gasteiger partial charge in [-0.25, -0.2) is 0 Å². The number of ether oxygens (including phenoxy) is 2. The van der Waals surface area contributed by atoms with E-state index in [9.17, 15) is 0 Å². The highest BCUT2D eigenvalue weighted by Crippen LogP contribution is 2.26. The van der Waals surface area contributed by atoms with Gasteiger partial charge in [0.05, 0.1) is 37.9 Å². The molecule has 0 amide bonds. The summed E-state index contributed by atoms with van der Waals surface area (Å²) in [6.07, 6.45) is 11.7. The lowest BCUT2D eigenvalue weighted by molar-refractivity contribution is 0.0650. The van der Waals surface area contributed by atoms with Crippen molar-refractivity contribution in [2.45, 2.75) is 38.5 Å². The summed E-state index contributed by atoms with van der Waals surface area (Å²) in [5.41, 5.74) is 0. The second-order valence-electron chi connectivity index (χ2n) is 4.29. The highest BCUT2D eigenvalue weighted by molar-refractivity contribution is 5.08. The molecule has 4 nitrogen and oxygen atoms in total. The van der Waals surface area contributed by atoms with Crippen LogP contribution in [0.15, 0.2) is 23.7 Å². The van der Waals surface area contributed by atoms with Crippen LogP contribution in [0.25, 0.3) is 0 Å². The zero-order valence-electron chi connectivity index (χ0n) is 10.9. The number of aliphatic hydroxyl groups excluding tert-OH is 2. The van der Waals surface area contributed by atoms with Crippen molar-refractivity contribution >= 4 is 0 Å². The third kappa shape index (κ3) is 6.79. The maximum absolute atomic E-state index is 8.09. The Bertz CT molecular complexity index is 245. The number of hydrogen-bond acceptors (Lipinski definition) is 4. The van der Waals surface area contributed by atoms with E-state index in [0.29, 0.717) is 13.2 Å². The quantitative estimate of drug-likeness (QED) is 0.715. The van der Waals surface area contributed by atoms with Gasteiger partial charge in [0, 0.05) is 12.8 Å². The molecule has 0 unspecified atom stereocenters. The minimum Gasteiger partial charge on any atom is -0.467 e. The Morgan fingerprint density at radius 1 is 0.889 bits per heavy atom. The SMILES string of the molecule is C1=C(OC2=CCCC2)CCC1.OCCOCCO.